The van der Waals surface area contributed by atoms with Crippen molar-refractivity contribution in [1.29, 1.82) is 0 Å². The Labute approximate surface area is 180 Å². The monoisotopic (exact) mass is 423 g/mol. The molecule has 2 aromatic rings. The van der Waals surface area contributed by atoms with Crippen LogP contribution >= 0.6 is 0 Å². The van der Waals surface area contributed by atoms with Crippen molar-refractivity contribution in [1.82, 2.24) is 4.90 Å². The summed E-state index contributed by atoms with van der Waals surface area (Å²) in [5, 5.41) is 0. The predicted molar refractivity (Wildman–Crippen MR) is 111 cm³/mol. The fraction of sp³-hybridized carbons (Fsp3) is 0.417. The lowest BCUT2D eigenvalue weighted by atomic mass is 9.65. The van der Waals surface area contributed by atoms with Crippen molar-refractivity contribution >= 4 is 11.9 Å². The molecule has 3 heterocycles. The first-order valence-electron chi connectivity index (χ1n) is 10.7. The van der Waals surface area contributed by atoms with Crippen molar-refractivity contribution in [3.63, 3.8) is 0 Å². The smallest absolute Gasteiger partial charge is 0.330 e. The maximum atomic E-state index is 13.7. The van der Waals surface area contributed by atoms with Crippen LogP contribution in [0.25, 0.3) is 0 Å². The first-order chi connectivity index (χ1) is 15.1. The third kappa shape index (κ3) is 2.83. The van der Waals surface area contributed by atoms with E-state index < -0.39 is 23.4 Å². The molecule has 0 N–H and O–H groups in total. The highest BCUT2D eigenvalue weighted by Gasteiger charge is 2.62. The molecule has 0 saturated heterocycles. The van der Waals surface area contributed by atoms with Crippen molar-refractivity contribution in [2.24, 2.45) is 0 Å². The first kappa shape index (κ1) is 19.9. The molecule has 1 atom stereocenters. The van der Waals surface area contributed by atoms with E-state index in [2.05, 4.69) is 4.90 Å². The molecule has 3 aliphatic heterocycles. The van der Waals surface area contributed by atoms with Crippen LogP contribution in [0.15, 0.2) is 36.4 Å². The van der Waals surface area contributed by atoms with Crippen LogP contribution < -0.4 is 9.47 Å². The van der Waals surface area contributed by atoms with E-state index in [9.17, 15) is 9.59 Å². The highest BCUT2D eigenvalue weighted by atomic mass is 16.7. The van der Waals surface area contributed by atoms with Gasteiger partial charge in [-0.05, 0) is 54.7 Å². The van der Waals surface area contributed by atoms with Crippen molar-refractivity contribution in [2.45, 2.75) is 38.3 Å². The van der Waals surface area contributed by atoms with Gasteiger partial charge in [-0.1, -0.05) is 24.3 Å². The molecule has 7 heteroatoms. The minimum Gasteiger partial charge on any atom is -0.465 e. The van der Waals surface area contributed by atoms with Crippen LogP contribution in [-0.2, 0) is 37.4 Å². The molecular formula is C24H25NO6. The van der Waals surface area contributed by atoms with Gasteiger partial charge in [-0.25, -0.2) is 0 Å². The SMILES string of the molecule is CCOC(=O)C1(C(=O)OCC)c2ccccc2CN2CCc3cc4c(cc3C21)OCO4. The number of rotatable bonds is 4. The molecular weight excluding hydrogens is 398 g/mol. The number of hydrogen-bond acceptors (Lipinski definition) is 7. The summed E-state index contributed by atoms with van der Waals surface area (Å²) >= 11 is 0. The van der Waals surface area contributed by atoms with E-state index in [0.717, 1.165) is 23.1 Å². The number of esters is 2. The second-order valence-corrected chi connectivity index (χ2v) is 7.93. The Kier molecular flexibility index (Phi) is 4.85. The Hall–Kier alpha value is -3.06. The number of ether oxygens (including phenoxy) is 4. The van der Waals surface area contributed by atoms with Crippen LogP contribution in [0.5, 0.6) is 11.5 Å². The summed E-state index contributed by atoms with van der Waals surface area (Å²) in [7, 11) is 0. The zero-order valence-electron chi connectivity index (χ0n) is 17.7. The molecule has 2 aromatic carbocycles. The molecule has 0 radical (unpaired) electrons. The van der Waals surface area contributed by atoms with Gasteiger partial charge < -0.3 is 18.9 Å². The molecule has 3 aliphatic rings. The maximum Gasteiger partial charge on any atom is 0.330 e. The van der Waals surface area contributed by atoms with Crippen LogP contribution in [0.4, 0.5) is 0 Å². The van der Waals surface area contributed by atoms with E-state index in [1.807, 2.05) is 36.4 Å². The highest BCUT2D eigenvalue weighted by molar-refractivity contribution is 6.08. The molecule has 0 bridgehead atoms. The topological polar surface area (TPSA) is 74.3 Å². The van der Waals surface area contributed by atoms with E-state index in [-0.39, 0.29) is 20.0 Å². The first-order valence-corrected chi connectivity index (χ1v) is 10.7. The highest BCUT2D eigenvalue weighted by Crippen LogP contribution is 2.53. The molecule has 0 aliphatic carbocycles. The normalized spacial score (nSPS) is 20.3. The molecule has 162 valence electrons. The fourth-order valence-electron chi connectivity index (χ4n) is 5.16. The summed E-state index contributed by atoms with van der Waals surface area (Å²) in [5.41, 5.74) is 1.89. The van der Waals surface area contributed by atoms with Gasteiger partial charge in [-0.2, -0.15) is 0 Å². The number of nitrogens with zero attached hydrogens (tertiary/aromatic N) is 1. The van der Waals surface area contributed by atoms with Crippen LogP contribution in [0.3, 0.4) is 0 Å². The third-order valence-electron chi connectivity index (χ3n) is 6.38. The zero-order chi connectivity index (χ0) is 21.6. The summed E-state index contributed by atoms with van der Waals surface area (Å²) < 4.78 is 22.3. The zero-order valence-corrected chi connectivity index (χ0v) is 17.7. The number of carbonyl (C=O) groups excluding carboxylic acids is 2. The summed E-state index contributed by atoms with van der Waals surface area (Å²) in [6, 6.07) is 10.9. The van der Waals surface area contributed by atoms with Crippen molar-refractivity contribution in [3.05, 3.63) is 58.7 Å². The second kappa shape index (κ2) is 7.57. The Balaban J connectivity index is 1.79. The van der Waals surface area contributed by atoms with Crippen molar-refractivity contribution in [2.75, 3.05) is 26.6 Å². The Morgan fingerprint density at radius 3 is 2.42 bits per heavy atom. The lowest BCUT2D eigenvalue weighted by Gasteiger charge is -2.50. The van der Waals surface area contributed by atoms with E-state index in [0.29, 0.717) is 30.2 Å². The van der Waals surface area contributed by atoms with Gasteiger partial charge in [0.05, 0.1) is 19.3 Å². The minimum absolute atomic E-state index is 0.163. The van der Waals surface area contributed by atoms with Crippen LogP contribution in [0.2, 0.25) is 0 Å². The largest absolute Gasteiger partial charge is 0.465 e. The van der Waals surface area contributed by atoms with Crippen LogP contribution in [0.1, 0.15) is 42.1 Å². The summed E-state index contributed by atoms with van der Waals surface area (Å²) in [6.45, 7) is 5.33. The summed E-state index contributed by atoms with van der Waals surface area (Å²) in [4.78, 5) is 29.6. The average Bonchev–Trinajstić information content (AvgIpc) is 3.23. The van der Waals surface area contributed by atoms with Crippen molar-refractivity contribution in [3.8, 4) is 11.5 Å². The van der Waals surface area contributed by atoms with Gasteiger partial charge in [-0.15, -0.1) is 0 Å². The molecule has 5 rings (SSSR count). The molecule has 31 heavy (non-hydrogen) atoms. The van der Waals surface area contributed by atoms with Crippen LogP contribution in [0, 0.1) is 0 Å². The number of hydrogen-bond donors (Lipinski definition) is 0. The molecule has 0 aromatic heterocycles. The van der Waals surface area contributed by atoms with Gasteiger partial charge in [0.1, 0.15) is 0 Å². The minimum atomic E-state index is -1.62. The van der Waals surface area contributed by atoms with Gasteiger partial charge in [0, 0.05) is 13.1 Å². The van der Waals surface area contributed by atoms with Gasteiger partial charge in [0.25, 0.3) is 0 Å². The standard InChI is InChI=1S/C24H25NO6/c1-3-28-22(26)24(23(27)29-4-2)18-8-6-5-7-16(18)13-25-10-9-15-11-19-20(31-14-30-19)12-17(15)21(24)25/h5-8,11-12,21H,3-4,9-10,13-14H2,1-2H3. The lowest BCUT2D eigenvalue weighted by Crippen LogP contribution is -2.60. The second-order valence-electron chi connectivity index (χ2n) is 7.93. The quantitative estimate of drug-likeness (QED) is 0.553. The maximum absolute atomic E-state index is 13.7. The van der Waals surface area contributed by atoms with Crippen LogP contribution in [-0.4, -0.2) is 43.4 Å². The van der Waals surface area contributed by atoms with E-state index >= 15 is 0 Å². The van der Waals surface area contributed by atoms with E-state index in [1.165, 1.54) is 0 Å². The van der Waals surface area contributed by atoms with E-state index in [4.69, 9.17) is 18.9 Å². The number of carbonyl (C=O) groups is 2. The van der Waals surface area contributed by atoms with Gasteiger partial charge >= 0.3 is 11.9 Å². The summed E-state index contributed by atoms with van der Waals surface area (Å²) in [6.07, 6.45) is 0.784. The van der Waals surface area contributed by atoms with E-state index in [1.54, 1.807) is 13.8 Å². The molecule has 1 unspecified atom stereocenters. The number of benzene rings is 2. The Bertz CT molecular complexity index is 1030. The Morgan fingerprint density at radius 1 is 1.03 bits per heavy atom. The van der Waals surface area contributed by atoms with Gasteiger partial charge in [0.2, 0.25) is 12.2 Å². The Morgan fingerprint density at radius 2 is 1.71 bits per heavy atom. The molecule has 0 fully saturated rings. The molecule has 0 amide bonds. The molecule has 7 nitrogen and oxygen atoms in total. The average molecular weight is 423 g/mol. The third-order valence-corrected chi connectivity index (χ3v) is 6.38. The lowest BCUT2D eigenvalue weighted by molar-refractivity contribution is -0.171. The summed E-state index contributed by atoms with van der Waals surface area (Å²) in [5.74, 6) is 0.157. The number of fused-ring (bicyclic) bond motifs is 5. The van der Waals surface area contributed by atoms with Gasteiger partial charge in [0.15, 0.2) is 11.5 Å². The van der Waals surface area contributed by atoms with Gasteiger partial charge in [-0.3, -0.25) is 14.5 Å². The predicted octanol–water partition coefficient (Wildman–Crippen LogP) is 2.89. The molecule has 0 spiro atoms. The molecule has 0 saturated carbocycles. The fourth-order valence-corrected chi connectivity index (χ4v) is 5.16. The van der Waals surface area contributed by atoms with Crippen molar-refractivity contribution < 1.29 is 28.5 Å².